The number of likely N-dealkylation sites (tertiary alicyclic amines) is 1. The van der Waals surface area contributed by atoms with Gasteiger partial charge in [-0.1, -0.05) is 28.1 Å². The van der Waals surface area contributed by atoms with Crippen molar-refractivity contribution < 1.29 is 9.53 Å². The average molecular weight is 365 g/mol. The molecule has 0 aliphatic carbocycles. The van der Waals surface area contributed by atoms with Gasteiger partial charge in [-0.2, -0.15) is 0 Å². The first-order valence-electron chi connectivity index (χ1n) is 7.39. The number of benzene rings is 1. The minimum atomic E-state index is -0.557. The van der Waals surface area contributed by atoms with Crippen molar-refractivity contribution in [3.8, 4) is 0 Å². The van der Waals surface area contributed by atoms with Crippen LogP contribution in [0.2, 0.25) is 0 Å². The Labute approximate surface area is 140 Å². The van der Waals surface area contributed by atoms with Crippen LogP contribution in [0.15, 0.2) is 28.7 Å². The van der Waals surface area contributed by atoms with Crippen molar-refractivity contribution in [3.05, 3.63) is 45.7 Å². The Morgan fingerprint density at radius 3 is 2.41 bits per heavy atom. The van der Waals surface area contributed by atoms with Crippen LogP contribution >= 0.6 is 15.9 Å². The zero-order valence-electron chi connectivity index (χ0n) is 13.2. The summed E-state index contributed by atoms with van der Waals surface area (Å²) in [7, 11) is 0. The van der Waals surface area contributed by atoms with E-state index in [1.807, 2.05) is 45.0 Å². The molecule has 1 heterocycles. The van der Waals surface area contributed by atoms with Gasteiger partial charge in [0.25, 0.3) is 5.54 Å². The molecule has 5 heteroatoms. The van der Waals surface area contributed by atoms with Gasteiger partial charge < -0.3 is 14.5 Å². The molecule has 0 saturated carbocycles. The fourth-order valence-electron chi connectivity index (χ4n) is 2.67. The van der Waals surface area contributed by atoms with Crippen LogP contribution in [-0.4, -0.2) is 29.7 Å². The van der Waals surface area contributed by atoms with Crippen molar-refractivity contribution in [3.63, 3.8) is 0 Å². The number of halogens is 1. The molecule has 1 amide bonds. The zero-order chi connectivity index (χ0) is 16.4. The van der Waals surface area contributed by atoms with Gasteiger partial charge >= 0.3 is 6.09 Å². The maximum Gasteiger partial charge on any atom is 0.410 e. The zero-order valence-corrected chi connectivity index (χ0v) is 14.8. The number of amides is 1. The third kappa shape index (κ3) is 3.61. The van der Waals surface area contributed by atoms with E-state index in [9.17, 15) is 4.79 Å². The highest BCUT2D eigenvalue weighted by Crippen LogP contribution is 2.40. The van der Waals surface area contributed by atoms with Crippen molar-refractivity contribution in [2.24, 2.45) is 0 Å². The molecule has 1 aromatic rings. The number of hydrogen-bond acceptors (Lipinski definition) is 2. The first-order valence-corrected chi connectivity index (χ1v) is 8.18. The Kier molecular flexibility index (Phi) is 4.81. The Hall–Kier alpha value is -1.54. The summed E-state index contributed by atoms with van der Waals surface area (Å²) < 4.78 is 6.36. The molecule has 0 bridgehead atoms. The molecule has 0 spiro atoms. The number of nitrogens with zero attached hydrogens (tertiary/aromatic N) is 2. The number of hydrogen-bond donors (Lipinski definition) is 0. The molecule has 1 aliphatic heterocycles. The van der Waals surface area contributed by atoms with E-state index in [4.69, 9.17) is 11.3 Å². The summed E-state index contributed by atoms with van der Waals surface area (Å²) in [5.74, 6) is 0. The molecular weight excluding hydrogens is 344 g/mol. The first-order chi connectivity index (χ1) is 10.3. The number of carbonyl (C=O) groups is 1. The first kappa shape index (κ1) is 16.8. The summed E-state index contributed by atoms with van der Waals surface area (Å²) in [6, 6.07) is 7.85. The van der Waals surface area contributed by atoms with Crippen molar-refractivity contribution in [2.75, 3.05) is 13.1 Å². The standard InChI is InChI=1S/C17H21BrN2O2/c1-16(2,3)22-15(21)20-11-9-17(19-4,10-12-20)13-7-5-6-8-14(13)18/h5-8H,9-12H2,1-3H3. The van der Waals surface area contributed by atoms with E-state index < -0.39 is 11.1 Å². The van der Waals surface area contributed by atoms with Gasteiger partial charge in [0.1, 0.15) is 5.60 Å². The van der Waals surface area contributed by atoms with Crippen LogP contribution in [0.5, 0.6) is 0 Å². The predicted molar refractivity (Wildman–Crippen MR) is 89.5 cm³/mol. The smallest absolute Gasteiger partial charge is 0.410 e. The molecule has 1 fully saturated rings. The van der Waals surface area contributed by atoms with Gasteiger partial charge in [-0.05, 0) is 32.9 Å². The van der Waals surface area contributed by atoms with Gasteiger partial charge in [0, 0.05) is 30.4 Å². The lowest BCUT2D eigenvalue weighted by Gasteiger charge is -2.35. The maximum absolute atomic E-state index is 12.1. The molecular formula is C17H21BrN2O2. The average Bonchev–Trinajstić information content (AvgIpc) is 2.46. The Morgan fingerprint density at radius 2 is 1.91 bits per heavy atom. The van der Waals surface area contributed by atoms with Gasteiger partial charge in [-0.15, -0.1) is 0 Å². The molecule has 2 rings (SSSR count). The highest BCUT2D eigenvalue weighted by molar-refractivity contribution is 9.10. The minimum Gasteiger partial charge on any atom is -0.444 e. The molecule has 1 aromatic carbocycles. The van der Waals surface area contributed by atoms with Crippen LogP contribution in [0.25, 0.3) is 4.85 Å². The lowest BCUT2D eigenvalue weighted by molar-refractivity contribution is 0.0181. The van der Waals surface area contributed by atoms with Gasteiger partial charge in [-0.25, -0.2) is 11.4 Å². The summed E-state index contributed by atoms with van der Waals surface area (Å²) in [5, 5.41) is 0. The van der Waals surface area contributed by atoms with Gasteiger partial charge in [0.2, 0.25) is 0 Å². The third-order valence-electron chi connectivity index (χ3n) is 3.83. The van der Waals surface area contributed by atoms with Crippen LogP contribution in [0.3, 0.4) is 0 Å². The second-order valence-electron chi connectivity index (χ2n) is 6.59. The molecule has 22 heavy (non-hydrogen) atoms. The number of piperidine rings is 1. The van der Waals surface area contributed by atoms with E-state index in [1.54, 1.807) is 4.90 Å². The second-order valence-corrected chi connectivity index (χ2v) is 7.44. The van der Waals surface area contributed by atoms with Gasteiger partial charge in [0.05, 0.1) is 5.56 Å². The SMILES string of the molecule is [C-]#[N+]C1(c2ccccc2Br)CCN(C(=O)OC(C)(C)C)CC1. The minimum absolute atomic E-state index is 0.293. The van der Waals surface area contributed by atoms with E-state index in [2.05, 4.69) is 20.8 Å². The van der Waals surface area contributed by atoms with E-state index in [0.717, 1.165) is 10.0 Å². The molecule has 1 saturated heterocycles. The summed E-state index contributed by atoms with van der Waals surface area (Å²) >= 11 is 3.54. The number of carbonyl (C=O) groups excluding carboxylic acids is 1. The highest BCUT2D eigenvalue weighted by atomic mass is 79.9. The predicted octanol–water partition coefficient (Wildman–Crippen LogP) is 4.59. The van der Waals surface area contributed by atoms with Crippen LogP contribution in [0, 0.1) is 6.57 Å². The molecule has 0 unspecified atom stereocenters. The topological polar surface area (TPSA) is 33.9 Å². The second kappa shape index (κ2) is 6.29. The van der Waals surface area contributed by atoms with Gasteiger partial charge in [-0.3, -0.25) is 0 Å². The molecule has 0 aromatic heterocycles. The van der Waals surface area contributed by atoms with E-state index in [0.29, 0.717) is 25.9 Å². The van der Waals surface area contributed by atoms with Crippen molar-refractivity contribution in [1.82, 2.24) is 4.90 Å². The number of ether oxygens (including phenoxy) is 1. The summed E-state index contributed by atoms with van der Waals surface area (Å²) in [6.45, 7) is 14.3. The quantitative estimate of drug-likeness (QED) is 0.682. The van der Waals surface area contributed by atoms with E-state index in [-0.39, 0.29) is 6.09 Å². The largest absolute Gasteiger partial charge is 0.444 e. The van der Waals surface area contributed by atoms with Crippen molar-refractivity contribution in [1.29, 1.82) is 0 Å². The molecule has 4 nitrogen and oxygen atoms in total. The highest BCUT2D eigenvalue weighted by Gasteiger charge is 2.45. The Balaban J connectivity index is 2.11. The summed E-state index contributed by atoms with van der Waals surface area (Å²) in [4.78, 5) is 17.8. The lowest BCUT2D eigenvalue weighted by Crippen LogP contribution is -2.45. The normalized spacial score (nSPS) is 17.7. The van der Waals surface area contributed by atoms with E-state index in [1.165, 1.54) is 0 Å². The number of rotatable bonds is 1. The molecule has 0 atom stereocenters. The fourth-order valence-corrected chi connectivity index (χ4v) is 3.32. The maximum atomic E-state index is 12.1. The van der Waals surface area contributed by atoms with Crippen LogP contribution < -0.4 is 0 Å². The summed E-state index contributed by atoms with van der Waals surface area (Å²) in [5.41, 5.74) is -0.0409. The molecule has 0 radical (unpaired) electrons. The Bertz CT molecular complexity index is 593. The Morgan fingerprint density at radius 1 is 1.32 bits per heavy atom. The van der Waals surface area contributed by atoms with E-state index >= 15 is 0 Å². The van der Waals surface area contributed by atoms with Crippen LogP contribution in [0.4, 0.5) is 4.79 Å². The summed E-state index contributed by atoms with van der Waals surface area (Å²) in [6.07, 6.45) is 0.953. The molecule has 0 N–H and O–H groups in total. The van der Waals surface area contributed by atoms with Crippen molar-refractivity contribution in [2.45, 2.75) is 44.8 Å². The van der Waals surface area contributed by atoms with Crippen LogP contribution in [-0.2, 0) is 10.3 Å². The van der Waals surface area contributed by atoms with Crippen molar-refractivity contribution >= 4 is 22.0 Å². The fraction of sp³-hybridized carbons (Fsp3) is 0.529. The molecule has 1 aliphatic rings. The van der Waals surface area contributed by atoms with Crippen LogP contribution in [0.1, 0.15) is 39.2 Å². The third-order valence-corrected chi connectivity index (χ3v) is 4.52. The van der Waals surface area contributed by atoms with Gasteiger partial charge in [0.15, 0.2) is 0 Å². The lowest BCUT2D eigenvalue weighted by atomic mass is 9.82. The monoisotopic (exact) mass is 364 g/mol. The molecule has 118 valence electrons.